The van der Waals surface area contributed by atoms with Gasteiger partial charge in [0.05, 0.1) is 14.2 Å². The van der Waals surface area contributed by atoms with Gasteiger partial charge in [-0.15, -0.1) is 24.0 Å². The highest BCUT2D eigenvalue weighted by atomic mass is 127. The molecule has 0 spiro atoms. The van der Waals surface area contributed by atoms with Gasteiger partial charge in [-0.2, -0.15) is 0 Å². The zero-order chi connectivity index (χ0) is 18.1. The summed E-state index contributed by atoms with van der Waals surface area (Å²) in [6.07, 6.45) is 0.902. The Kier molecular flexibility index (Phi) is 9.87. The first-order valence-electron chi connectivity index (χ1n) is 8.34. The number of ether oxygens (including phenoxy) is 2. The minimum atomic E-state index is 0. The third-order valence-electron chi connectivity index (χ3n) is 4.00. The molecule has 0 aliphatic carbocycles. The Labute approximate surface area is 173 Å². The Hall–Kier alpha value is -1.96. The van der Waals surface area contributed by atoms with Crippen LogP contribution in [0, 0.1) is 0 Å². The van der Waals surface area contributed by atoms with E-state index in [1.165, 1.54) is 5.56 Å². The van der Waals surface area contributed by atoms with Gasteiger partial charge in [0.15, 0.2) is 5.96 Å². The molecule has 2 rings (SSSR count). The number of benzene rings is 2. The van der Waals surface area contributed by atoms with E-state index in [2.05, 4.69) is 33.4 Å². The molecule has 0 aliphatic heterocycles. The Morgan fingerprint density at radius 1 is 1.08 bits per heavy atom. The van der Waals surface area contributed by atoms with Crippen molar-refractivity contribution in [3.63, 3.8) is 0 Å². The molecule has 26 heavy (non-hydrogen) atoms. The maximum Gasteiger partial charge on any atom is 0.193 e. The van der Waals surface area contributed by atoms with Gasteiger partial charge in [0.1, 0.15) is 11.5 Å². The van der Waals surface area contributed by atoms with Gasteiger partial charge < -0.3 is 19.7 Å². The lowest BCUT2D eigenvalue weighted by Gasteiger charge is -2.23. The molecule has 0 heterocycles. The third kappa shape index (κ3) is 6.40. The second-order valence-corrected chi connectivity index (χ2v) is 5.74. The summed E-state index contributed by atoms with van der Waals surface area (Å²) < 4.78 is 10.7. The lowest BCUT2D eigenvalue weighted by atomic mass is 10.1. The zero-order valence-corrected chi connectivity index (χ0v) is 18.2. The molecule has 0 saturated carbocycles. The molecule has 0 radical (unpaired) electrons. The number of hydrogen-bond donors (Lipinski definition) is 1. The van der Waals surface area contributed by atoms with Crippen LogP contribution in [-0.2, 0) is 13.0 Å². The molecule has 0 unspecified atom stereocenters. The van der Waals surface area contributed by atoms with Gasteiger partial charge in [0.25, 0.3) is 0 Å². The zero-order valence-electron chi connectivity index (χ0n) is 15.9. The Morgan fingerprint density at radius 3 is 2.54 bits per heavy atom. The molecule has 0 bridgehead atoms. The smallest absolute Gasteiger partial charge is 0.193 e. The van der Waals surface area contributed by atoms with E-state index in [1.54, 1.807) is 21.3 Å². The molecule has 0 aliphatic rings. The van der Waals surface area contributed by atoms with Crippen LogP contribution in [0.15, 0.2) is 53.5 Å². The number of guanidine groups is 1. The van der Waals surface area contributed by atoms with Gasteiger partial charge in [-0.05, 0) is 30.2 Å². The summed E-state index contributed by atoms with van der Waals surface area (Å²) in [5.41, 5.74) is 2.36. The standard InChI is InChI=1S/C20H27N3O2.HI/c1-21-20(22-13-12-16-8-7-10-18(14-16)24-3)23(2)15-17-9-5-6-11-19(17)25-4;/h5-11,14H,12-13,15H2,1-4H3,(H,21,22);1H. The molecule has 142 valence electrons. The molecule has 6 heteroatoms. The first kappa shape index (κ1) is 22.1. The van der Waals surface area contributed by atoms with E-state index in [0.717, 1.165) is 42.5 Å². The molecule has 1 N–H and O–H groups in total. The van der Waals surface area contributed by atoms with Crippen molar-refractivity contribution in [2.75, 3.05) is 34.9 Å². The summed E-state index contributed by atoms with van der Waals surface area (Å²) in [5, 5.41) is 3.41. The van der Waals surface area contributed by atoms with Gasteiger partial charge >= 0.3 is 0 Å². The van der Waals surface area contributed by atoms with Crippen molar-refractivity contribution in [3.05, 3.63) is 59.7 Å². The van der Waals surface area contributed by atoms with Crippen molar-refractivity contribution in [3.8, 4) is 11.5 Å². The molecule has 2 aromatic carbocycles. The average molecular weight is 469 g/mol. The van der Waals surface area contributed by atoms with Crippen LogP contribution in [0.2, 0.25) is 0 Å². The summed E-state index contributed by atoms with van der Waals surface area (Å²) in [4.78, 5) is 6.46. The average Bonchev–Trinajstić information content (AvgIpc) is 2.65. The highest BCUT2D eigenvalue weighted by molar-refractivity contribution is 14.0. The Morgan fingerprint density at radius 2 is 1.85 bits per heavy atom. The van der Waals surface area contributed by atoms with Crippen LogP contribution in [0.1, 0.15) is 11.1 Å². The molecule has 2 aromatic rings. The van der Waals surface area contributed by atoms with Crippen molar-refractivity contribution in [1.82, 2.24) is 10.2 Å². The Balaban J connectivity index is 0.00000338. The fraction of sp³-hybridized carbons (Fsp3) is 0.350. The van der Waals surface area contributed by atoms with E-state index >= 15 is 0 Å². The molecule has 0 aromatic heterocycles. The van der Waals surface area contributed by atoms with Crippen LogP contribution in [0.5, 0.6) is 11.5 Å². The quantitative estimate of drug-likeness (QED) is 0.383. The molecule has 0 fully saturated rings. The van der Waals surface area contributed by atoms with Gasteiger partial charge in [-0.1, -0.05) is 30.3 Å². The first-order chi connectivity index (χ1) is 12.2. The van der Waals surface area contributed by atoms with Crippen molar-refractivity contribution in [1.29, 1.82) is 0 Å². The largest absolute Gasteiger partial charge is 0.497 e. The minimum Gasteiger partial charge on any atom is -0.497 e. The molecule has 0 atom stereocenters. The van der Waals surface area contributed by atoms with E-state index in [9.17, 15) is 0 Å². The predicted octanol–water partition coefficient (Wildman–Crippen LogP) is 3.57. The maximum atomic E-state index is 5.42. The number of hydrogen-bond acceptors (Lipinski definition) is 3. The van der Waals surface area contributed by atoms with Crippen molar-refractivity contribution < 1.29 is 9.47 Å². The molecule has 5 nitrogen and oxygen atoms in total. The van der Waals surface area contributed by atoms with Crippen LogP contribution in [-0.4, -0.2) is 45.7 Å². The van der Waals surface area contributed by atoms with E-state index in [-0.39, 0.29) is 24.0 Å². The van der Waals surface area contributed by atoms with Crippen molar-refractivity contribution in [2.24, 2.45) is 4.99 Å². The van der Waals surface area contributed by atoms with Crippen LogP contribution in [0.25, 0.3) is 0 Å². The van der Waals surface area contributed by atoms with Crippen molar-refractivity contribution >= 4 is 29.9 Å². The van der Waals surface area contributed by atoms with Gasteiger partial charge in [-0.3, -0.25) is 4.99 Å². The first-order valence-corrected chi connectivity index (χ1v) is 8.34. The molecular weight excluding hydrogens is 441 g/mol. The summed E-state index contributed by atoms with van der Waals surface area (Å²) in [6, 6.07) is 16.2. The fourth-order valence-electron chi connectivity index (χ4n) is 2.70. The number of halogens is 1. The summed E-state index contributed by atoms with van der Waals surface area (Å²) >= 11 is 0. The number of aliphatic imine (C=N–C) groups is 1. The number of para-hydroxylation sites is 1. The fourth-order valence-corrected chi connectivity index (χ4v) is 2.70. The topological polar surface area (TPSA) is 46.1 Å². The highest BCUT2D eigenvalue weighted by Gasteiger charge is 2.09. The van der Waals surface area contributed by atoms with Crippen molar-refractivity contribution in [2.45, 2.75) is 13.0 Å². The normalized spacial score (nSPS) is 10.7. The SMILES string of the molecule is CN=C(NCCc1cccc(OC)c1)N(C)Cc1ccccc1OC.I. The molecule has 0 amide bonds. The Bertz CT molecular complexity index is 707. The number of rotatable bonds is 7. The highest BCUT2D eigenvalue weighted by Crippen LogP contribution is 2.18. The monoisotopic (exact) mass is 469 g/mol. The number of methoxy groups -OCH3 is 2. The predicted molar refractivity (Wildman–Crippen MR) is 118 cm³/mol. The summed E-state index contributed by atoms with van der Waals surface area (Å²) in [7, 11) is 7.20. The number of nitrogens with one attached hydrogen (secondary N) is 1. The summed E-state index contributed by atoms with van der Waals surface area (Å²) in [6.45, 7) is 1.53. The van der Waals surface area contributed by atoms with Crippen LogP contribution in [0.3, 0.4) is 0 Å². The number of nitrogens with zero attached hydrogens (tertiary/aromatic N) is 2. The summed E-state index contributed by atoms with van der Waals surface area (Å²) in [5.74, 6) is 2.63. The molecular formula is C20H28IN3O2. The maximum absolute atomic E-state index is 5.42. The van der Waals surface area contributed by atoms with Crippen LogP contribution >= 0.6 is 24.0 Å². The van der Waals surface area contributed by atoms with E-state index in [1.807, 2.05) is 37.4 Å². The van der Waals surface area contributed by atoms with Gasteiger partial charge in [0, 0.05) is 32.7 Å². The van der Waals surface area contributed by atoms with Gasteiger partial charge in [-0.25, -0.2) is 0 Å². The van der Waals surface area contributed by atoms with Crippen LogP contribution in [0.4, 0.5) is 0 Å². The van der Waals surface area contributed by atoms with E-state index in [4.69, 9.17) is 9.47 Å². The minimum absolute atomic E-state index is 0. The second-order valence-electron chi connectivity index (χ2n) is 5.74. The van der Waals surface area contributed by atoms with Crippen LogP contribution < -0.4 is 14.8 Å². The third-order valence-corrected chi connectivity index (χ3v) is 4.00. The lowest BCUT2D eigenvalue weighted by Crippen LogP contribution is -2.39. The van der Waals surface area contributed by atoms with Gasteiger partial charge in [0.2, 0.25) is 0 Å². The lowest BCUT2D eigenvalue weighted by molar-refractivity contribution is 0.396. The van der Waals surface area contributed by atoms with E-state index in [0.29, 0.717) is 0 Å². The second kappa shape index (κ2) is 11.6. The van der Waals surface area contributed by atoms with E-state index < -0.39 is 0 Å². The molecule has 0 saturated heterocycles.